The van der Waals surface area contributed by atoms with Crippen LogP contribution in [-0.2, 0) is 0 Å². The summed E-state index contributed by atoms with van der Waals surface area (Å²) in [5, 5.41) is 3.33. The van der Waals surface area contributed by atoms with Crippen LogP contribution in [0.3, 0.4) is 0 Å². The van der Waals surface area contributed by atoms with Gasteiger partial charge < -0.3 is 10.2 Å². The van der Waals surface area contributed by atoms with Crippen molar-refractivity contribution in [3.63, 3.8) is 0 Å². The molecular formula is C17H16ClFN2O2S. The van der Waals surface area contributed by atoms with Crippen molar-refractivity contribution in [3.8, 4) is 0 Å². The highest BCUT2D eigenvalue weighted by molar-refractivity contribution is 7.18. The number of halogens is 2. The van der Waals surface area contributed by atoms with Crippen LogP contribution in [0.25, 0.3) is 0 Å². The summed E-state index contributed by atoms with van der Waals surface area (Å²) in [6, 6.07) is 5.69. The van der Waals surface area contributed by atoms with Crippen molar-refractivity contribution >= 4 is 39.8 Å². The number of rotatable bonds is 4. The molecule has 0 unspecified atom stereocenters. The molecule has 0 bridgehead atoms. The van der Waals surface area contributed by atoms with Crippen LogP contribution in [-0.4, -0.2) is 29.8 Å². The predicted octanol–water partition coefficient (Wildman–Crippen LogP) is 4.34. The fourth-order valence-corrected chi connectivity index (χ4v) is 3.70. The lowest BCUT2D eigenvalue weighted by Gasteiger charge is -2.15. The van der Waals surface area contributed by atoms with Crippen molar-refractivity contribution in [2.45, 2.75) is 25.8 Å². The van der Waals surface area contributed by atoms with Gasteiger partial charge in [0.15, 0.2) is 0 Å². The third-order valence-corrected chi connectivity index (χ3v) is 5.39. The molecule has 3 rings (SSSR count). The van der Waals surface area contributed by atoms with E-state index in [1.54, 1.807) is 18.0 Å². The Morgan fingerprint density at radius 1 is 1.33 bits per heavy atom. The van der Waals surface area contributed by atoms with Gasteiger partial charge in [-0.25, -0.2) is 4.39 Å². The van der Waals surface area contributed by atoms with Crippen molar-refractivity contribution in [1.29, 1.82) is 0 Å². The molecule has 2 amide bonds. The van der Waals surface area contributed by atoms with Gasteiger partial charge in [-0.1, -0.05) is 11.6 Å². The standard InChI is InChI=1S/C17H16ClFN2O2S/c1-9-7-14(24-15(9)17(23)21(2)11-4-5-11)20-16(22)12-6-3-10(19)8-13(12)18/h3,6-8,11H,4-5H2,1-2H3,(H,20,22). The maximum Gasteiger partial charge on any atom is 0.264 e. The van der Waals surface area contributed by atoms with Crippen LogP contribution < -0.4 is 5.32 Å². The molecule has 0 atom stereocenters. The van der Waals surface area contributed by atoms with E-state index in [1.165, 1.54) is 23.5 Å². The molecule has 1 aromatic heterocycles. The largest absolute Gasteiger partial charge is 0.338 e. The van der Waals surface area contributed by atoms with E-state index < -0.39 is 11.7 Å². The first-order valence-electron chi connectivity index (χ1n) is 7.51. The molecule has 0 spiro atoms. The summed E-state index contributed by atoms with van der Waals surface area (Å²) in [6.07, 6.45) is 2.08. The number of nitrogens with zero attached hydrogens (tertiary/aromatic N) is 1. The van der Waals surface area contributed by atoms with Crippen molar-refractivity contribution in [2.24, 2.45) is 0 Å². The highest BCUT2D eigenvalue weighted by Gasteiger charge is 2.31. The normalized spacial score (nSPS) is 13.7. The van der Waals surface area contributed by atoms with Crippen LogP contribution in [0.5, 0.6) is 0 Å². The summed E-state index contributed by atoms with van der Waals surface area (Å²) in [6.45, 7) is 1.84. The lowest BCUT2D eigenvalue weighted by Crippen LogP contribution is -2.28. The monoisotopic (exact) mass is 366 g/mol. The Bertz CT molecular complexity index is 817. The zero-order chi connectivity index (χ0) is 17.4. The lowest BCUT2D eigenvalue weighted by atomic mass is 10.2. The molecule has 4 nitrogen and oxygen atoms in total. The van der Waals surface area contributed by atoms with Gasteiger partial charge in [-0.05, 0) is 49.6 Å². The Kier molecular flexibility index (Phi) is 4.60. The van der Waals surface area contributed by atoms with Crippen molar-refractivity contribution in [3.05, 3.63) is 51.1 Å². The van der Waals surface area contributed by atoms with Gasteiger partial charge in [0.2, 0.25) is 0 Å². The first-order valence-corrected chi connectivity index (χ1v) is 8.70. The van der Waals surface area contributed by atoms with Crippen LogP contribution in [0.4, 0.5) is 9.39 Å². The van der Waals surface area contributed by atoms with E-state index in [2.05, 4.69) is 5.32 Å². The molecule has 0 aliphatic heterocycles. The van der Waals surface area contributed by atoms with E-state index >= 15 is 0 Å². The summed E-state index contributed by atoms with van der Waals surface area (Å²) in [5.74, 6) is -0.962. The first-order chi connectivity index (χ1) is 11.4. The van der Waals surface area contributed by atoms with Gasteiger partial charge in [0, 0.05) is 13.1 Å². The Balaban J connectivity index is 1.77. The minimum Gasteiger partial charge on any atom is -0.338 e. The molecule has 1 fully saturated rings. The number of hydrogen-bond acceptors (Lipinski definition) is 3. The third kappa shape index (κ3) is 3.44. The first kappa shape index (κ1) is 16.9. The molecule has 2 aromatic rings. The van der Waals surface area contributed by atoms with Crippen molar-refractivity contribution in [1.82, 2.24) is 4.90 Å². The predicted molar refractivity (Wildman–Crippen MR) is 93.5 cm³/mol. The SMILES string of the molecule is Cc1cc(NC(=O)c2ccc(F)cc2Cl)sc1C(=O)N(C)C1CC1. The summed E-state index contributed by atoms with van der Waals surface area (Å²) in [5.41, 5.74) is 1.00. The maximum absolute atomic E-state index is 13.1. The van der Waals surface area contributed by atoms with Crippen LogP contribution in [0.2, 0.25) is 5.02 Å². The Morgan fingerprint density at radius 2 is 2.04 bits per heavy atom. The van der Waals surface area contributed by atoms with Gasteiger partial charge in [0.25, 0.3) is 11.8 Å². The van der Waals surface area contributed by atoms with Gasteiger partial charge in [0.05, 0.1) is 20.5 Å². The maximum atomic E-state index is 13.1. The summed E-state index contributed by atoms with van der Waals surface area (Å²) < 4.78 is 13.1. The second-order valence-corrected chi connectivity index (χ2v) is 7.31. The molecule has 1 saturated carbocycles. The second kappa shape index (κ2) is 6.53. The van der Waals surface area contributed by atoms with Crippen LogP contribution in [0.1, 0.15) is 38.4 Å². The quantitative estimate of drug-likeness (QED) is 0.875. The van der Waals surface area contributed by atoms with E-state index in [4.69, 9.17) is 11.6 Å². The van der Waals surface area contributed by atoms with Crippen molar-refractivity contribution < 1.29 is 14.0 Å². The smallest absolute Gasteiger partial charge is 0.264 e. The summed E-state index contributed by atoms with van der Waals surface area (Å²) >= 11 is 7.14. The average Bonchev–Trinajstić information content (AvgIpc) is 3.30. The van der Waals surface area contributed by atoms with E-state index in [0.29, 0.717) is 15.9 Å². The average molecular weight is 367 g/mol. The molecule has 1 aliphatic rings. The topological polar surface area (TPSA) is 49.4 Å². The Labute approximate surface area is 148 Å². The van der Waals surface area contributed by atoms with Crippen molar-refractivity contribution in [2.75, 3.05) is 12.4 Å². The number of amides is 2. The van der Waals surface area contributed by atoms with Crippen LogP contribution in [0.15, 0.2) is 24.3 Å². The number of carbonyl (C=O) groups excluding carboxylic acids is 2. The zero-order valence-electron chi connectivity index (χ0n) is 13.2. The van der Waals surface area contributed by atoms with Crippen LogP contribution in [0, 0.1) is 12.7 Å². The molecule has 24 heavy (non-hydrogen) atoms. The third-order valence-electron chi connectivity index (χ3n) is 3.94. The molecule has 1 aliphatic carbocycles. The molecule has 126 valence electrons. The summed E-state index contributed by atoms with van der Waals surface area (Å²) in [4.78, 5) is 27.1. The molecule has 7 heteroatoms. The van der Waals surface area contributed by atoms with Gasteiger partial charge >= 0.3 is 0 Å². The van der Waals surface area contributed by atoms with Gasteiger partial charge in [0.1, 0.15) is 5.82 Å². The van der Waals surface area contributed by atoms with E-state index in [1.807, 2.05) is 6.92 Å². The van der Waals surface area contributed by atoms with Crippen LogP contribution >= 0.6 is 22.9 Å². The molecule has 1 N–H and O–H groups in total. The molecule has 0 saturated heterocycles. The highest BCUT2D eigenvalue weighted by Crippen LogP contribution is 2.32. The van der Waals surface area contributed by atoms with E-state index in [9.17, 15) is 14.0 Å². The highest BCUT2D eigenvalue weighted by atomic mass is 35.5. The number of nitrogens with one attached hydrogen (secondary N) is 1. The van der Waals surface area contributed by atoms with E-state index in [-0.39, 0.29) is 16.5 Å². The molecule has 1 aromatic carbocycles. The Hall–Kier alpha value is -1.92. The van der Waals surface area contributed by atoms with E-state index in [0.717, 1.165) is 24.5 Å². The van der Waals surface area contributed by atoms with Gasteiger partial charge in [-0.2, -0.15) is 0 Å². The lowest BCUT2D eigenvalue weighted by molar-refractivity contribution is 0.0789. The Morgan fingerprint density at radius 3 is 2.67 bits per heavy atom. The molecule has 0 radical (unpaired) electrons. The summed E-state index contributed by atoms with van der Waals surface area (Å²) in [7, 11) is 1.80. The number of thiophene rings is 1. The van der Waals surface area contributed by atoms with Gasteiger partial charge in [-0.15, -0.1) is 11.3 Å². The number of anilines is 1. The number of benzene rings is 1. The molecule has 1 heterocycles. The number of aryl methyl sites for hydroxylation is 1. The molecular weight excluding hydrogens is 351 g/mol. The number of carbonyl (C=O) groups is 2. The fraction of sp³-hybridized carbons (Fsp3) is 0.294. The van der Waals surface area contributed by atoms with Gasteiger partial charge in [-0.3, -0.25) is 9.59 Å². The fourth-order valence-electron chi connectivity index (χ4n) is 2.40. The number of hydrogen-bond donors (Lipinski definition) is 1. The minimum atomic E-state index is -0.500. The second-order valence-electron chi connectivity index (χ2n) is 5.85. The zero-order valence-corrected chi connectivity index (χ0v) is 14.8. The minimum absolute atomic E-state index is 0.0275.